The van der Waals surface area contributed by atoms with Crippen LogP contribution in [0.3, 0.4) is 0 Å². The molecule has 0 aliphatic rings. The van der Waals surface area contributed by atoms with Crippen LogP contribution in [-0.2, 0) is 14.6 Å². The second-order valence-corrected chi connectivity index (χ2v) is 6.75. The zero-order valence-electron chi connectivity index (χ0n) is 13.6. The Balaban J connectivity index is 0.00000191. The van der Waals surface area contributed by atoms with Crippen LogP contribution < -0.4 is 5.32 Å². The van der Waals surface area contributed by atoms with Crippen LogP contribution in [0.25, 0.3) is 0 Å². The lowest BCUT2D eigenvalue weighted by molar-refractivity contribution is -0.121. The number of amides is 1. The Labute approximate surface area is 128 Å². The lowest BCUT2D eigenvalue weighted by Gasteiger charge is -2.14. The first-order valence-corrected chi connectivity index (χ1v) is 9.33. The minimum Gasteiger partial charge on any atom is -0.350 e. The number of hydrogen-bond acceptors (Lipinski definition) is 3. The largest absolute Gasteiger partial charge is 0.350 e. The molecule has 4 nitrogen and oxygen atoms in total. The molecule has 0 bridgehead atoms. The summed E-state index contributed by atoms with van der Waals surface area (Å²) in [5.74, 6) is 0.0292. The van der Waals surface area contributed by atoms with Gasteiger partial charge in [-0.05, 0) is 31.0 Å². The molecule has 1 amide bonds. The summed E-state index contributed by atoms with van der Waals surface area (Å²) < 4.78 is 22.7. The summed E-state index contributed by atoms with van der Waals surface area (Å²) >= 11 is 0. The van der Waals surface area contributed by atoms with Crippen LogP contribution in [0.5, 0.6) is 0 Å². The highest BCUT2D eigenvalue weighted by Gasteiger charge is 2.11. The highest BCUT2D eigenvalue weighted by molar-refractivity contribution is 7.90. The zero-order valence-corrected chi connectivity index (χ0v) is 14.5. The number of hydrogen-bond donors (Lipinski definition) is 1. The summed E-state index contributed by atoms with van der Waals surface area (Å²) in [7, 11) is -3.17. The van der Waals surface area contributed by atoms with Crippen molar-refractivity contribution in [3.8, 4) is 0 Å². The number of benzene rings is 1. The van der Waals surface area contributed by atoms with Crippen LogP contribution >= 0.6 is 0 Å². The molecule has 1 unspecified atom stereocenters. The Morgan fingerprint density at radius 3 is 2.14 bits per heavy atom. The average Bonchev–Trinajstić information content (AvgIpc) is 2.46. The SMILES string of the molecule is CC.CCCCC(=O)NC(C)c1ccc(S(C)(=O)=O)cc1. The topological polar surface area (TPSA) is 63.2 Å². The monoisotopic (exact) mass is 313 g/mol. The van der Waals surface area contributed by atoms with E-state index in [2.05, 4.69) is 5.32 Å². The van der Waals surface area contributed by atoms with Crippen LogP contribution in [0.1, 0.15) is 58.6 Å². The molecule has 0 fully saturated rings. The standard InChI is InChI=1S/C14H21NO3S.C2H6/c1-4-5-6-14(16)15-11(2)12-7-9-13(10-8-12)19(3,17)18;1-2/h7-11H,4-6H2,1-3H3,(H,15,16);1-2H3. The van der Waals surface area contributed by atoms with Gasteiger partial charge in [0.05, 0.1) is 10.9 Å². The molecule has 0 aliphatic carbocycles. The highest BCUT2D eigenvalue weighted by Crippen LogP contribution is 2.16. The maximum Gasteiger partial charge on any atom is 0.220 e. The fraction of sp³-hybridized carbons (Fsp3) is 0.562. The molecule has 0 spiro atoms. The third kappa shape index (κ3) is 7.27. The van der Waals surface area contributed by atoms with Gasteiger partial charge >= 0.3 is 0 Å². The van der Waals surface area contributed by atoms with Gasteiger partial charge in [0.2, 0.25) is 5.91 Å². The van der Waals surface area contributed by atoms with Gasteiger partial charge in [-0.3, -0.25) is 4.79 Å². The normalized spacial score (nSPS) is 12.0. The fourth-order valence-electron chi connectivity index (χ4n) is 1.74. The van der Waals surface area contributed by atoms with Crippen molar-refractivity contribution in [2.75, 3.05) is 6.26 Å². The molecule has 0 saturated carbocycles. The van der Waals surface area contributed by atoms with E-state index in [-0.39, 0.29) is 11.9 Å². The first-order chi connectivity index (χ1) is 9.84. The summed E-state index contributed by atoms with van der Waals surface area (Å²) in [5, 5.41) is 2.90. The molecule has 0 heterocycles. The van der Waals surface area contributed by atoms with E-state index in [9.17, 15) is 13.2 Å². The van der Waals surface area contributed by atoms with Gasteiger partial charge in [-0.2, -0.15) is 0 Å². The van der Waals surface area contributed by atoms with Crippen LogP contribution in [0.15, 0.2) is 29.2 Å². The van der Waals surface area contributed by atoms with Gasteiger partial charge in [0.25, 0.3) is 0 Å². The van der Waals surface area contributed by atoms with Crippen molar-refractivity contribution >= 4 is 15.7 Å². The summed E-state index contributed by atoms with van der Waals surface area (Å²) in [6.45, 7) is 7.93. The number of sulfone groups is 1. The fourth-order valence-corrected chi connectivity index (χ4v) is 2.37. The smallest absolute Gasteiger partial charge is 0.220 e. The van der Waals surface area contributed by atoms with Gasteiger partial charge < -0.3 is 5.32 Å². The number of unbranched alkanes of at least 4 members (excludes halogenated alkanes) is 1. The molecule has 5 heteroatoms. The Hall–Kier alpha value is -1.36. The Kier molecular flexibility index (Phi) is 8.93. The van der Waals surface area contributed by atoms with Crippen molar-refractivity contribution in [3.05, 3.63) is 29.8 Å². The van der Waals surface area contributed by atoms with Crippen LogP contribution in [0.4, 0.5) is 0 Å². The molecule has 0 aromatic heterocycles. The van der Waals surface area contributed by atoms with Gasteiger partial charge in [0.15, 0.2) is 9.84 Å². The van der Waals surface area contributed by atoms with Crippen molar-refractivity contribution in [3.63, 3.8) is 0 Å². The molecular weight excluding hydrogens is 286 g/mol. The Bertz CT molecular complexity index is 521. The molecule has 0 radical (unpaired) electrons. The molecule has 1 atom stereocenters. The zero-order chi connectivity index (χ0) is 16.5. The first kappa shape index (κ1) is 19.6. The Morgan fingerprint density at radius 2 is 1.71 bits per heavy atom. The first-order valence-electron chi connectivity index (χ1n) is 7.44. The minimum absolute atomic E-state index is 0.0292. The molecule has 0 aliphatic heterocycles. The van der Waals surface area contributed by atoms with Crippen LogP contribution in [0.2, 0.25) is 0 Å². The maximum atomic E-state index is 11.6. The number of rotatable bonds is 6. The van der Waals surface area contributed by atoms with Crippen LogP contribution in [0, 0.1) is 0 Å². The lowest BCUT2D eigenvalue weighted by atomic mass is 10.1. The Morgan fingerprint density at radius 1 is 1.19 bits per heavy atom. The minimum atomic E-state index is -3.17. The number of nitrogens with one attached hydrogen (secondary N) is 1. The van der Waals surface area contributed by atoms with Crippen molar-refractivity contribution in [1.82, 2.24) is 5.32 Å². The third-order valence-electron chi connectivity index (χ3n) is 2.94. The summed E-state index contributed by atoms with van der Waals surface area (Å²) in [5.41, 5.74) is 0.900. The van der Waals surface area contributed by atoms with E-state index in [1.54, 1.807) is 24.3 Å². The third-order valence-corrected chi connectivity index (χ3v) is 4.07. The summed E-state index contributed by atoms with van der Waals surface area (Å²) in [6.07, 6.45) is 3.58. The van der Waals surface area contributed by atoms with E-state index in [0.717, 1.165) is 18.4 Å². The van der Waals surface area contributed by atoms with E-state index in [1.165, 1.54) is 6.26 Å². The quantitative estimate of drug-likeness (QED) is 0.874. The van der Waals surface area contributed by atoms with Crippen molar-refractivity contribution in [2.45, 2.75) is 57.9 Å². The van der Waals surface area contributed by atoms with Gasteiger partial charge in [-0.15, -0.1) is 0 Å². The van der Waals surface area contributed by atoms with E-state index in [1.807, 2.05) is 27.7 Å². The number of carbonyl (C=O) groups excluding carboxylic acids is 1. The van der Waals surface area contributed by atoms with E-state index in [4.69, 9.17) is 0 Å². The molecule has 1 aromatic rings. The van der Waals surface area contributed by atoms with Gasteiger partial charge in [-0.1, -0.05) is 39.3 Å². The number of carbonyl (C=O) groups is 1. The molecule has 0 saturated heterocycles. The van der Waals surface area contributed by atoms with Crippen molar-refractivity contribution < 1.29 is 13.2 Å². The van der Waals surface area contributed by atoms with E-state index in [0.29, 0.717) is 11.3 Å². The van der Waals surface area contributed by atoms with Crippen molar-refractivity contribution in [2.24, 2.45) is 0 Å². The highest BCUT2D eigenvalue weighted by atomic mass is 32.2. The summed E-state index contributed by atoms with van der Waals surface area (Å²) in [4.78, 5) is 11.9. The second-order valence-electron chi connectivity index (χ2n) is 4.73. The molecule has 1 N–H and O–H groups in total. The van der Waals surface area contributed by atoms with Crippen molar-refractivity contribution in [1.29, 1.82) is 0 Å². The maximum absolute atomic E-state index is 11.6. The molecule has 120 valence electrons. The van der Waals surface area contributed by atoms with E-state index >= 15 is 0 Å². The average molecular weight is 313 g/mol. The second kappa shape index (κ2) is 9.55. The molecule has 1 aromatic carbocycles. The molecular formula is C16H27NO3S. The van der Waals surface area contributed by atoms with Gasteiger partial charge in [0, 0.05) is 12.7 Å². The van der Waals surface area contributed by atoms with Gasteiger partial charge in [-0.25, -0.2) is 8.42 Å². The summed E-state index contributed by atoms with van der Waals surface area (Å²) in [6, 6.07) is 6.50. The predicted molar refractivity (Wildman–Crippen MR) is 87.0 cm³/mol. The van der Waals surface area contributed by atoms with Gasteiger partial charge in [0.1, 0.15) is 0 Å². The molecule has 1 rings (SSSR count). The molecule has 21 heavy (non-hydrogen) atoms. The predicted octanol–water partition coefficient (Wildman–Crippen LogP) is 3.48. The van der Waals surface area contributed by atoms with Crippen LogP contribution in [-0.4, -0.2) is 20.6 Å². The lowest BCUT2D eigenvalue weighted by Crippen LogP contribution is -2.26. The van der Waals surface area contributed by atoms with E-state index < -0.39 is 9.84 Å².